The number of hydrogen-bond donors (Lipinski definition) is 2. The Labute approximate surface area is 99.9 Å². The second kappa shape index (κ2) is 4.40. The molecule has 2 heterocycles. The molecule has 0 radical (unpaired) electrons. The summed E-state index contributed by atoms with van der Waals surface area (Å²) in [6.45, 7) is 4.59. The van der Waals surface area contributed by atoms with Gasteiger partial charge in [-0.1, -0.05) is 0 Å². The Hall–Kier alpha value is -2.11. The predicted molar refractivity (Wildman–Crippen MR) is 66.5 cm³/mol. The van der Waals surface area contributed by atoms with Gasteiger partial charge in [0.15, 0.2) is 0 Å². The van der Waals surface area contributed by atoms with E-state index in [1.807, 2.05) is 25.6 Å². The van der Waals surface area contributed by atoms with E-state index in [0.717, 1.165) is 22.6 Å². The van der Waals surface area contributed by atoms with E-state index in [4.69, 9.17) is 5.73 Å². The van der Waals surface area contributed by atoms with Crippen LogP contribution in [0.15, 0.2) is 12.5 Å². The zero-order valence-corrected chi connectivity index (χ0v) is 10.2. The fraction of sp³-hybridized carbons (Fsp3) is 0.364. The molecule has 90 valence electrons. The summed E-state index contributed by atoms with van der Waals surface area (Å²) in [5.41, 5.74) is 9.74. The van der Waals surface area contributed by atoms with Crippen LogP contribution in [0, 0.1) is 13.8 Å². The third kappa shape index (κ3) is 2.20. The van der Waals surface area contributed by atoms with Crippen LogP contribution in [0.25, 0.3) is 0 Å². The summed E-state index contributed by atoms with van der Waals surface area (Å²) >= 11 is 0. The van der Waals surface area contributed by atoms with Crippen molar-refractivity contribution in [3.63, 3.8) is 0 Å². The molecule has 0 aromatic carbocycles. The highest BCUT2D eigenvalue weighted by Crippen LogP contribution is 2.19. The molecule has 0 saturated heterocycles. The summed E-state index contributed by atoms with van der Waals surface area (Å²) in [4.78, 5) is 7.90. The molecule has 0 bridgehead atoms. The third-order valence-corrected chi connectivity index (χ3v) is 2.79. The Balaban J connectivity index is 2.15. The minimum absolute atomic E-state index is 0.506. The van der Waals surface area contributed by atoms with E-state index in [2.05, 4.69) is 20.4 Å². The number of nitrogens with zero attached hydrogens (tertiary/aromatic N) is 4. The molecule has 17 heavy (non-hydrogen) atoms. The van der Waals surface area contributed by atoms with Crippen LogP contribution in [0.1, 0.15) is 17.0 Å². The fourth-order valence-corrected chi connectivity index (χ4v) is 1.72. The summed E-state index contributed by atoms with van der Waals surface area (Å²) in [6, 6.07) is 0. The number of nitrogen functional groups attached to an aromatic ring is 1. The average molecular weight is 232 g/mol. The Kier molecular flexibility index (Phi) is 2.95. The minimum atomic E-state index is 0.506. The van der Waals surface area contributed by atoms with Crippen molar-refractivity contribution in [2.75, 3.05) is 11.1 Å². The van der Waals surface area contributed by atoms with Gasteiger partial charge in [0.1, 0.15) is 12.1 Å². The molecule has 0 amide bonds. The van der Waals surface area contributed by atoms with Crippen LogP contribution < -0.4 is 11.1 Å². The summed E-state index contributed by atoms with van der Waals surface area (Å²) in [7, 11) is 1.92. The molecule has 3 N–H and O–H groups in total. The molecule has 0 aliphatic rings. The molecule has 2 rings (SSSR count). The van der Waals surface area contributed by atoms with Crippen molar-refractivity contribution in [1.82, 2.24) is 19.7 Å². The van der Waals surface area contributed by atoms with Gasteiger partial charge in [0.2, 0.25) is 0 Å². The van der Waals surface area contributed by atoms with Gasteiger partial charge in [0.05, 0.1) is 17.1 Å². The molecule has 6 nitrogen and oxygen atoms in total. The minimum Gasteiger partial charge on any atom is -0.383 e. The highest BCUT2D eigenvalue weighted by atomic mass is 15.3. The highest BCUT2D eigenvalue weighted by molar-refractivity contribution is 5.53. The maximum Gasteiger partial charge on any atom is 0.131 e. The van der Waals surface area contributed by atoms with Gasteiger partial charge in [-0.15, -0.1) is 0 Å². The molecule has 2 aromatic heterocycles. The molecular weight excluding hydrogens is 216 g/mol. The first-order chi connectivity index (χ1) is 8.09. The monoisotopic (exact) mass is 232 g/mol. The number of hydrogen-bond acceptors (Lipinski definition) is 5. The van der Waals surface area contributed by atoms with Crippen molar-refractivity contribution in [3.05, 3.63) is 29.5 Å². The van der Waals surface area contributed by atoms with E-state index in [1.165, 1.54) is 6.33 Å². The van der Waals surface area contributed by atoms with Crippen LogP contribution >= 0.6 is 0 Å². The maximum absolute atomic E-state index is 5.75. The van der Waals surface area contributed by atoms with Gasteiger partial charge < -0.3 is 11.1 Å². The van der Waals surface area contributed by atoms with Crippen LogP contribution in [-0.2, 0) is 13.6 Å². The second-order valence-electron chi connectivity index (χ2n) is 3.96. The normalized spacial score (nSPS) is 10.5. The molecule has 0 spiro atoms. The molecule has 0 aliphatic carbocycles. The van der Waals surface area contributed by atoms with Gasteiger partial charge in [-0.2, -0.15) is 5.10 Å². The topological polar surface area (TPSA) is 81.7 Å². The first kappa shape index (κ1) is 11.4. The average Bonchev–Trinajstić information content (AvgIpc) is 2.53. The van der Waals surface area contributed by atoms with Gasteiger partial charge in [-0.05, 0) is 13.8 Å². The first-order valence-corrected chi connectivity index (χ1v) is 5.38. The molecule has 6 heteroatoms. The lowest BCUT2D eigenvalue weighted by atomic mass is 10.2. The molecule has 2 aromatic rings. The lowest BCUT2D eigenvalue weighted by Gasteiger charge is -2.07. The zero-order chi connectivity index (χ0) is 12.4. The molecule has 0 atom stereocenters. The largest absolute Gasteiger partial charge is 0.383 e. The molecule has 0 aliphatic heterocycles. The number of aryl methyl sites for hydroxylation is 2. The lowest BCUT2D eigenvalue weighted by Crippen LogP contribution is -2.06. The Morgan fingerprint density at radius 3 is 2.76 bits per heavy atom. The van der Waals surface area contributed by atoms with Crippen molar-refractivity contribution < 1.29 is 0 Å². The molecule has 0 fully saturated rings. The number of rotatable bonds is 3. The van der Waals surface area contributed by atoms with Gasteiger partial charge in [-0.25, -0.2) is 9.97 Å². The van der Waals surface area contributed by atoms with E-state index in [1.54, 1.807) is 6.20 Å². The second-order valence-corrected chi connectivity index (χ2v) is 3.96. The van der Waals surface area contributed by atoms with Crippen molar-refractivity contribution in [2.45, 2.75) is 20.4 Å². The summed E-state index contributed by atoms with van der Waals surface area (Å²) in [6.07, 6.45) is 3.16. The van der Waals surface area contributed by atoms with Crippen LogP contribution in [0.5, 0.6) is 0 Å². The van der Waals surface area contributed by atoms with Crippen LogP contribution in [-0.4, -0.2) is 19.7 Å². The summed E-state index contributed by atoms with van der Waals surface area (Å²) in [5, 5.41) is 7.65. The lowest BCUT2D eigenvalue weighted by molar-refractivity contribution is 0.731. The number of aromatic nitrogens is 4. The van der Waals surface area contributed by atoms with Gasteiger partial charge in [0, 0.05) is 25.4 Å². The van der Waals surface area contributed by atoms with Crippen molar-refractivity contribution in [1.29, 1.82) is 0 Å². The molecule has 0 unspecified atom stereocenters. The highest BCUT2D eigenvalue weighted by Gasteiger charge is 2.09. The van der Waals surface area contributed by atoms with E-state index >= 15 is 0 Å². The van der Waals surface area contributed by atoms with E-state index in [9.17, 15) is 0 Å². The standard InChI is InChI=1S/C11H16N6/c1-7-10(8(2)17(3)16-7)14-5-9-4-13-6-15-11(9)12/h4,6,14H,5H2,1-3H3,(H2,12,13,15). The van der Waals surface area contributed by atoms with Crippen molar-refractivity contribution in [2.24, 2.45) is 7.05 Å². The van der Waals surface area contributed by atoms with Crippen LogP contribution in [0.2, 0.25) is 0 Å². The maximum atomic E-state index is 5.75. The van der Waals surface area contributed by atoms with Crippen molar-refractivity contribution in [3.8, 4) is 0 Å². The fourth-order valence-electron chi connectivity index (χ4n) is 1.72. The Bertz CT molecular complexity index is 531. The first-order valence-electron chi connectivity index (χ1n) is 5.38. The number of nitrogens with one attached hydrogen (secondary N) is 1. The Morgan fingerprint density at radius 1 is 1.41 bits per heavy atom. The SMILES string of the molecule is Cc1nn(C)c(C)c1NCc1cncnc1N. The molecular formula is C11H16N6. The zero-order valence-electron chi connectivity index (χ0n) is 10.2. The molecule has 0 saturated carbocycles. The number of nitrogens with two attached hydrogens (primary N) is 1. The van der Waals surface area contributed by atoms with E-state index in [-0.39, 0.29) is 0 Å². The van der Waals surface area contributed by atoms with Crippen LogP contribution in [0.3, 0.4) is 0 Å². The van der Waals surface area contributed by atoms with E-state index < -0.39 is 0 Å². The van der Waals surface area contributed by atoms with Crippen molar-refractivity contribution >= 4 is 11.5 Å². The van der Waals surface area contributed by atoms with Gasteiger partial charge >= 0.3 is 0 Å². The summed E-state index contributed by atoms with van der Waals surface area (Å²) in [5.74, 6) is 0.506. The third-order valence-electron chi connectivity index (χ3n) is 2.79. The predicted octanol–water partition coefficient (Wildman–Crippen LogP) is 1.02. The van der Waals surface area contributed by atoms with Crippen LogP contribution in [0.4, 0.5) is 11.5 Å². The van der Waals surface area contributed by atoms with E-state index in [0.29, 0.717) is 12.4 Å². The smallest absolute Gasteiger partial charge is 0.131 e. The summed E-state index contributed by atoms with van der Waals surface area (Å²) < 4.78 is 1.85. The Morgan fingerprint density at radius 2 is 2.18 bits per heavy atom. The van der Waals surface area contributed by atoms with Gasteiger partial charge in [0.25, 0.3) is 0 Å². The van der Waals surface area contributed by atoms with Gasteiger partial charge in [-0.3, -0.25) is 4.68 Å². The number of anilines is 2. The quantitative estimate of drug-likeness (QED) is 0.825.